The second-order valence-corrected chi connectivity index (χ2v) is 10.8. The fraction of sp³-hybridized carbons (Fsp3) is 0.103. The predicted molar refractivity (Wildman–Crippen MR) is 146 cm³/mol. The van der Waals surface area contributed by atoms with E-state index in [0.29, 0.717) is 11.3 Å². The van der Waals surface area contributed by atoms with Gasteiger partial charge in [0, 0.05) is 35.3 Å². The molecule has 0 spiro atoms. The van der Waals surface area contributed by atoms with Crippen molar-refractivity contribution in [1.82, 2.24) is 4.90 Å². The zero-order valence-corrected chi connectivity index (χ0v) is 22.7. The Kier molecular flexibility index (Phi) is 8.81. The summed E-state index contributed by atoms with van der Waals surface area (Å²) in [6.07, 6.45) is 0. The molecule has 0 aliphatic heterocycles. The first-order chi connectivity index (χ1) is 19.0. The van der Waals surface area contributed by atoms with E-state index in [4.69, 9.17) is 15.8 Å². The van der Waals surface area contributed by atoms with E-state index in [1.54, 1.807) is 0 Å². The molecule has 0 aliphatic carbocycles. The van der Waals surface area contributed by atoms with Crippen LogP contribution in [0.25, 0.3) is 0 Å². The van der Waals surface area contributed by atoms with E-state index in [2.05, 4.69) is 5.32 Å². The number of anilines is 1. The van der Waals surface area contributed by atoms with E-state index in [1.165, 1.54) is 96.8 Å². The maximum Gasteiger partial charge on any atom is 0.339 e. The molecule has 0 saturated heterocycles. The van der Waals surface area contributed by atoms with Crippen molar-refractivity contribution in [2.24, 2.45) is 0 Å². The zero-order valence-electron chi connectivity index (χ0n) is 21.1. The van der Waals surface area contributed by atoms with Crippen LogP contribution in [0.5, 0.6) is 5.75 Å². The topological polar surface area (TPSA) is 92.8 Å². The first-order valence-corrected chi connectivity index (χ1v) is 13.7. The van der Waals surface area contributed by atoms with Crippen molar-refractivity contribution in [3.63, 3.8) is 0 Å². The maximum atomic E-state index is 13.9. The SMILES string of the molecule is CC(=O)Nc1ccc(S(=O)(=O)Oc2ccc(Cl)cc2CN(Cc2ccc(F)cc2)C(=O)c2cccc(F)c2)cc1. The number of carbonyl (C=O) groups excluding carboxylic acids is 2. The lowest BCUT2D eigenvalue weighted by Crippen LogP contribution is -2.30. The van der Waals surface area contributed by atoms with E-state index in [0.717, 1.165) is 6.07 Å². The smallest absolute Gasteiger partial charge is 0.339 e. The number of amides is 2. The van der Waals surface area contributed by atoms with Gasteiger partial charge in [-0.05, 0) is 78.4 Å². The Hall–Kier alpha value is -4.28. The number of benzene rings is 4. The first kappa shape index (κ1) is 28.7. The molecule has 1 N–H and O–H groups in total. The van der Waals surface area contributed by atoms with Gasteiger partial charge in [-0.15, -0.1) is 0 Å². The van der Waals surface area contributed by atoms with Crippen LogP contribution in [0.15, 0.2) is 95.9 Å². The molecule has 4 aromatic carbocycles. The number of hydrogen-bond acceptors (Lipinski definition) is 5. The van der Waals surface area contributed by atoms with Gasteiger partial charge < -0.3 is 14.4 Å². The highest BCUT2D eigenvalue weighted by Gasteiger charge is 2.23. The molecule has 4 rings (SSSR count). The number of carbonyl (C=O) groups is 2. The standard InChI is InChI=1S/C29H23ClF2N2O5S/c1-19(35)33-26-10-12-27(13-11-26)40(37,38)39-28-14-7-23(30)15-22(28)18-34(17-20-5-8-24(31)9-6-20)29(36)21-3-2-4-25(32)16-21/h2-16H,17-18H2,1H3,(H,33,35). The van der Waals surface area contributed by atoms with Gasteiger partial charge in [-0.25, -0.2) is 8.78 Å². The van der Waals surface area contributed by atoms with Crippen molar-refractivity contribution in [3.8, 4) is 5.75 Å². The van der Waals surface area contributed by atoms with Crippen LogP contribution in [-0.2, 0) is 28.0 Å². The monoisotopic (exact) mass is 584 g/mol. The van der Waals surface area contributed by atoms with Crippen LogP contribution < -0.4 is 9.50 Å². The Labute approximate surface area is 235 Å². The molecule has 11 heteroatoms. The second kappa shape index (κ2) is 12.3. The van der Waals surface area contributed by atoms with Crippen LogP contribution in [-0.4, -0.2) is 25.1 Å². The van der Waals surface area contributed by atoms with Gasteiger partial charge in [0.15, 0.2) is 0 Å². The summed E-state index contributed by atoms with van der Waals surface area (Å²) in [5.74, 6) is -1.99. The van der Waals surface area contributed by atoms with Gasteiger partial charge in [0.1, 0.15) is 22.3 Å². The normalized spacial score (nSPS) is 11.1. The fourth-order valence-electron chi connectivity index (χ4n) is 3.85. The molecule has 40 heavy (non-hydrogen) atoms. The number of nitrogens with one attached hydrogen (secondary N) is 1. The summed E-state index contributed by atoms with van der Waals surface area (Å²) < 4.78 is 59.0. The molecule has 0 fully saturated rings. The summed E-state index contributed by atoms with van der Waals surface area (Å²) in [4.78, 5) is 25.9. The minimum absolute atomic E-state index is 0.00105. The van der Waals surface area contributed by atoms with Gasteiger partial charge in [0.2, 0.25) is 5.91 Å². The lowest BCUT2D eigenvalue weighted by molar-refractivity contribution is -0.114. The average Bonchev–Trinajstić information content (AvgIpc) is 2.90. The molecule has 0 atom stereocenters. The minimum Gasteiger partial charge on any atom is -0.379 e. The predicted octanol–water partition coefficient (Wildman–Crippen LogP) is 6.19. The van der Waals surface area contributed by atoms with Crippen LogP contribution in [0.2, 0.25) is 5.02 Å². The van der Waals surface area contributed by atoms with E-state index in [1.807, 2.05) is 0 Å². The number of hydrogen-bond donors (Lipinski definition) is 1. The molecule has 0 bridgehead atoms. The lowest BCUT2D eigenvalue weighted by atomic mass is 10.1. The van der Waals surface area contributed by atoms with E-state index < -0.39 is 27.7 Å². The number of rotatable bonds is 9. The molecular weight excluding hydrogens is 562 g/mol. The van der Waals surface area contributed by atoms with Gasteiger partial charge in [0.05, 0.1) is 6.54 Å². The largest absolute Gasteiger partial charge is 0.379 e. The molecule has 0 unspecified atom stereocenters. The quantitative estimate of drug-likeness (QED) is 0.237. The summed E-state index contributed by atoms with van der Waals surface area (Å²) in [6, 6.07) is 20.3. The van der Waals surface area contributed by atoms with Crippen LogP contribution in [0.1, 0.15) is 28.4 Å². The number of halogens is 3. The van der Waals surface area contributed by atoms with Crippen LogP contribution in [0, 0.1) is 11.6 Å². The summed E-state index contributed by atoms with van der Waals surface area (Å²) in [7, 11) is -4.32. The van der Waals surface area contributed by atoms with E-state index in [9.17, 15) is 26.8 Å². The Bertz CT molecular complexity index is 1650. The Balaban J connectivity index is 1.66. The highest BCUT2D eigenvalue weighted by molar-refractivity contribution is 7.87. The third-order valence-corrected chi connectivity index (χ3v) is 7.18. The molecule has 206 valence electrons. The van der Waals surface area contributed by atoms with E-state index in [-0.39, 0.29) is 45.8 Å². The highest BCUT2D eigenvalue weighted by atomic mass is 35.5. The van der Waals surface area contributed by atoms with Crippen molar-refractivity contribution >= 4 is 39.2 Å². The third kappa shape index (κ3) is 7.43. The first-order valence-electron chi connectivity index (χ1n) is 11.9. The van der Waals surface area contributed by atoms with E-state index >= 15 is 0 Å². The molecular formula is C29H23ClF2N2O5S. The molecule has 0 radical (unpaired) electrons. The Morgan fingerprint density at radius 3 is 2.23 bits per heavy atom. The van der Waals surface area contributed by atoms with Crippen molar-refractivity contribution in [2.75, 3.05) is 5.32 Å². The van der Waals surface area contributed by atoms with Gasteiger partial charge in [-0.1, -0.05) is 29.8 Å². The third-order valence-electron chi connectivity index (χ3n) is 5.69. The van der Waals surface area contributed by atoms with Crippen molar-refractivity contribution < 1.29 is 31.0 Å². The molecule has 0 heterocycles. The van der Waals surface area contributed by atoms with Crippen molar-refractivity contribution in [3.05, 3.63) is 124 Å². The molecule has 4 aromatic rings. The Morgan fingerprint density at radius 2 is 1.57 bits per heavy atom. The van der Waals surface area contributed by atoms with Crippen molar-refractivity contribution in [1.29, 1.82) is 0 Å². The molecule has 2 amide bonds. The van der Waals surface area contributed by atoms with Crippen molar-refractivity contribution in [2.45, 2.75) is 24.9 Å². The molecule has 7 nitrogen and oxygen atoms in total. The van der Waals surface area contributed by atoms with Crippen LogP contribution in [0.3, 0.4) is 0 Å². The second-order valence-electron chi connectivity index (χ2n) is 8.79. The minimum atomic E-state index is -4.32. The van der Waals surface area contributed by atoms with Crippen LogP contribution in [0.4, 0.5) is 14.5 Å². The average molecular weight is 585 g/mol. The van der Waals surface area contributed by atoms with Gasteiger partial charge in [-0.3, -0.25) is 9.59 Å². The van der Waals surface area contributed by atoms with Gasteiger partial charge >= 0.3 is 10.1 Å². The fourth-order valence-corrected chi connectivity index (χ4v) is 5.01. The lowest BCUT2D eigenvalue weighted by Gasteiger charge is -2.24. The molecule has 0 aliphatic rings. The maximum absolute atomic E-state index is 13.9. The highest BCUT2D eigenvalue weighted by Crippen LogP contribution is 2.29. The summed E-state index contributed by atoms with van der Waals surface area (Å²) in [5, 5.41) is 2.81. The summed E-state index contributed by atoms with van der Waals surface area (Å²) in [5.41, 5.74) is 1.32. The van der Waals surface area contributed by atoms with Crippen LogP contribution >= 0.6 is 11.6 Å². The molecule has 0 saturated carbocycles. The summed E-state index contributed by atoms with van der Waals surface area (Å²) >= 11 is 6.21. The van der Waals surface area contributed by atoms with Gasteiger partial charge in [0.25, 0.3) is 5.91 Å². The molecule has 0 aromatic heterocycles. The van der Waals surface area contributed by atoms with Gasteiger partial charge in [-0.2, -0.15) is 8.42 Å². The number of nitrogens with zero attached hydrogens (tertiary/aromatic N) is 1. The summed E-state index contributed by atoms with van der Waals surface area (Å²) in [6.45, 7) is 1.16. The zero-order chi connectivity index (χ0) is 28.9. The Morgan fingerprint density at radius 1 is 0.875 bits per heavy atom.